The maximum Gasteiger partial charge on any atom is 0.125 e. The van der Waals surface area contributed by atoms with Gasteiger partial charge >= 0.3 is 0 Å². The minimum atomic E-state index is 0.657. The molecule has 0 aliphatic heterocycles. The van der Waals surface area contributed by atoms with Crippen LogP contribution < -0.4 is 5.32 Å². The maximum absolute atomic E-state index is 5.76. The Morgan fingerprint density at radius 1 is 1.35 bits per heavy atom. The highest BCUT2D eigenvalue weighted by molar-refractivity contribution is 6.30. The molecule has 0 saturated carbocycles. The second kappa shape index (κ2) is 5.68. The molecule has 0 aliphatic rings. The summed E-state index contributed by atoms with van der Waals surface area (Å²) in [5.41, 5.74) is 2.42. The van der Waals surface area contributed by atoms with E-state index in [2.05, 4.69) is 20.5 Å². The van der Waals surface area contributed by atoms with Crippen molar-refractivity contribution in [3.63, 3.8) is 0 Å². The molecule has 0 aromatic carbocycles. The first-order chi connectivity index (χ1) is 8.25. The molecule has 0 atom stereocenters. The van der Waals surface area contributed by atoms with E-state index in [1.807, 2.05) is 25.3 Å². The number of aromatic nitrogens is 3. The van der Waals surface area contributed by atoms with Crippen LogP contribution in [0.1, 0.15) is 17.7 Å². The van der Waals surface area contributed by atoms with Crippen LogP contribution in [-0.4, -0.2) is 21.7 Å². The van der Waals surface area contributed by atoms with Crippen molar-refractivity contribution in [2.45, 2.75) is 19.8 Å². The van der Waals surface area contributed by atoms with Gasteiger partial charge in [0.25, 0.3) is 0 Å². The number of aryl methyl sites for hydroxylation is 2. The second-order valence-electron chi connectivity index (χ2n) is 3.91. The number of hydrogen-bond donors (Lipinski definition) is 2. The Labute approximate surface area is 105 Å². The van der Waals surface area contributed by atoms with Crippen LogP contribution in [0.3, 0.4) is 0 Å². The molecule has 0 fully saturated rings. The molecule has 0 radical (unpaired) electrons. The highest BCUT2D eigenvalue weighted by atomic mass is 35.5. The molecule has 0 aliphatic carbocycles. The van der Waals surface area contributed by atoms with Crippen LogP contribution in [0.5, 0.6) is 0 Å². The van der Waals surface area contributed by atoms with E-state index in [9.17, 15) is 0 Å². The monoisotopic (exact) mass is 250 g/mol. The van der Waals surface area contributed by atoms with E-state index in [1.165, 1.54) is 5.56 Å². The summed E-state index contributed by atoms with van der Waals surface area (Å²) in [4.78, 5) is 4.17. The zero-order valence-electron chi connectivity index (χ0n) is 9.70. The predicted molar refractivity (Wildman–Crippen MR) is 69.4 cm³/mol. The molecule has 0 amide bonds. The van der Waals surface area contributed by atoms with Crippen molar-refractivity contribution in [3.05, 3.63) is 40.8 Å². The predicted octanol–water partition coefficient (Wildman–Crippen LogP) is 2.81. The summed E-state index contributed by atoms with van der Waals surface area (Å²) < 4.78 is 0. The van der Waals surface area contributed by atoms with E-state index in [0.29, 0.717) is 5.02 Å². The van der Waals surface area contributed by atoms with Gasteiger partial charge in [0.2, 0.25) is 0 Å². The molecule has 2 heterocycles. The number of aromatic amines is 1. The standard InChI is InChI=1S/C12H15ClN4/c1-9-10(7-16-17-9)3-2-6-14-12-5-4-11(13)8-15-12/h4-5,7-8H,2-3,6H2,1H3,(H,14,15)(H,16,17). The van der Waals surface area contributed by atoms with Crippen molar-refractivity contribution >= 4 is 17.4 Å². The van der Waals surface area contributed by atoms with Gasteiger partial charge in [-0.2, -0.15) is 5.10 Å². The molecule has 2 aromatic heterocycles. The zero-order chi connectivity index (χ0) is 12.1. The van der Waals surface area contributed by atoms with Gasteiger partial charge in [0.15, 0.2) is 0 Å². The third kappa shape index (κ3) is 3.46. The summed E-state index contributed by atoms with van der Waals surface area (Å²) in [5.74, 6) is 0.860. The highest BCUT2D eigenvalue weighted by Crippen LogP contribution is 2.10. The van der Waals surface area contributed by atoms with Gasteiger partial charge in [0.05, 0.1) is 11.2 Å². The van der Waals surface area contributed by atoms with Gasteiger partial charge in [-0.25, -0.2) is 4.98 Å². The van der Waals surface area contributed by atoms with E-state index in [0.717, 1.165) is 30.9 Å². The SMILES string of the molecule is Cc1[nH]ncc1CCCNc1ccc(Cl)cn1. The van der Waals surface area contributed by atoms with Crippen LogP contribution in [0, 0.1) is 6.92 Å². The fourth-order valence-electron chi connectivity index (χ4n) is 1.60. The smallest absolute Gasteiger partial charge is 0.125 e. The van der Waals surface area contributed by atoms with Gasteiger partial charge < -0.3 is 5.32 Å². The van der Waals surface area contributed by atoms with Gasteiger partial charge in [-0.05, 0) is 37.5 Å². The number of H-pyrrole nitrogens is 1. The first-order valence-corrected chi connectivity index (χ1v) is 5.98. The topological polar surface area (TPSA) is 53.6 Å². The molecule has 2 N–H and O–H groups in total. The molecule has 0 spiro atoms. The van der Waals surface area contributed by atoms with Crippen LogP contribution in [0.2, 0.25) is 5.02 Å². The van der Waals surface area contributed by atoms with Crippen molar-refractivity contribution in [1.29, 1.82) is 0 Å². The summed E-state index contributed by atoms with van der Waals surface area (Å²) in [5, 5.41) is 10.8. The largest absolute Gasteiger partial charge is 0.370 e. The lowest BCUT2D eigenvalue weighted by Gasteiger charge is -2.04. The fraction of sp³-hybridized carbons (Fsp3) is 0.333. The number of nitrogens with zero attached hydrogens (tertiary/aromatic N) is 2. The number of nitrogens with one attached hydrogen (secondary N) is 2. The van der Waals surface area contributed by atoms with Crippen LogP contribution in [0.25, 0.3) is 0 Å². The average molecular weight is 251 g/mol. The molecule has 0 saturated heterocycles. The quantitative estimate of drug-likeness (QED) is 0.803. The highest BCUT2D eigenvalue weighted by Gasteiger charge is 1.99. The third-order valence-corrected chi connectivity index (χ3v) is 2.81. The van der Waals surface area contributed by atoms with Crippen molar-refractivity contribution in [2.24, 2.45) is 0 Å². The van der Waals surface area contributed by atoms with E-state index in [1.54, 1.807) is 6.20 Å². The van der Waals surface area contributed by atoms with Crippen molar-refractivity contribution in [2.75, 3.05) is 11.9 Å². The van der Waals surface area contributed by atoms with E-state index < -0.39 is 0 Å². The average Bonchev–Trinajstić information content (AvgIpc) is 2.73. The first kappa shape index (κ1) is 11.9. The Hall–Kier alpha value is -1.55. The Morgan fingerprint density at radius 3 is 2.88 bits per heavy atom. The molecule has 90 valence electrons. The summed E-state index contributed by atoms with van der Waals surface area (Å²) in [6.07, 6.45) is 5.59. The summed E-state index contributed by atoms with van der Waals surface area (Å²) in [6, 6.07) is 3.71. The maximum atomic E-state index is 5.76. The van der Waals surface area contributed by atoms with Crippen LogP contribution in [-0.2, 0) is 6.42 Å². The lowest BCUT2D eigenvalue weighted by atomic mass is 10.1. The van der Waals surface area contributed by atoms with Crippen LogP contribution in [0.15, 0.2) is 24.5 Å². The second-order valence-corrected chi connectivity index (χ2v) is 4.35. The first-order valence-electron chi connectivity index (χ1n) is 5.60. The van der Waals surface area contributed by atoms with E-state index in [4.69, 9.17) is 11.6 Å². The summed E-state index contributed by atoms with van der Waals surface area (Å²) in [7, 11) is 0. The molecule has 0 unspecified atom stereocenters. The Balaban J connectivity index is 1.73. The zero-order valence-corrected chi connectivity index (χ0v) is 10.5. The summed E-state index contributed by atoms with van der Waals surface area (Å²) in [6.45, 7) is 2.93. The van der Waals surface area contributed by atoms with Crippen LogP contribution in [0.4, 0.5) is 5.82 Å². The van der Waals surface area contributed by atoms with Crippen molar-refractivity contribution in [3.8, 4) is 0 Å². The van der Waals surface area contributed by atoms with E-state index >= 15 is 0 Å². The fourth-order valence-corrected chi connectivity index (χ4v) is 1.72. The number of rotatable bonds is 5. The molecule has 2 aromatic rings. The van der Waals surface area contributed by atoms with Gasteiger partial charge in [-0.1, -0.05) is 11.6 Å². The molecule has 2 rings (SSSR count). The molecule has 0 bridgehead atoms. The van der Waals surface area contributed by atoms with Gasteiger partial charge in [-0.15, -0.1) is 0 Å². The lowest BCUT2D eigenvalue weighted by Crippen LogP contribution is -2.04. The van der Waals surface area contributed by atoms with Gasteiger partial charge in [0.1, 0.15) is 5.82 Å². The van der Waals surface area contributed by atoms with Crippen molar-refractivity contribution < 1.29 is 0 Å². The Morgan fingerprint density at radius 2 is 2.24 bits per heavy atom. The minimum absolute atomic E-state index is 0.657. The molecule has 4 nitrogen and oxygen atoms in total. The van der Waals surface area contributed by atoms with Gasteiger partial charge in [0, 0.05) is 18.4 Å². The Kier molecular flexibility index (Phi) is 3.98. The summed E-state index contributed by atoms with van der Waals surface area (Å²) >= 11 is 5.76. The number of anilines is 1. The van der Waals surface area contributed by atoms with Gasteiger partial charge in [-0.3, -0.25) is 5.10 Å². The number of halogens is 1. The Bertz CT molecular complexity index is 464. The molecular formula is C12H15ClN4. The molecule has 17 heavy (non-hydrogen) atoms. The van der Waals surface area contributed by atoms with E-state index in [-0.39, 0.29) is 0 Å². The third-order valence-electron chi connectivity index (χ3n) is 2.59. The lowest BCUT2D eigenvalue weighted by molar-refractivity contribution is 0.853. The van der Waals surface area contributed by atoms with Crippen LogP contribution >= 0.6 is 11.6 Å². The van der Waals surface area contributed by atoms with Crippen molar-refractivity contribution in [1.82, 2.24) is 15.2 Å². The molecule has 5 heteroatoms. The molecular weight excluding hydrogens is 236 g/mol. The number of hydrogen-bond acceptors (Lipinski definition) is 3. The minimum Gasteiger partial charge on any atom is -0.370 e. The number of pyridine rings is 1. The normalized spacial score (nSPS) is 10.5.